The van der Waals surface area contributed by atoms with Crippen LogP contribution in [0.15, 0.2) is 42.5 Å². The molecule has 11 heteroatoms. The van der Waals surface area contributed by atoms with Crippen LogP contribution < -0.4 is 14.4 Å². The minimum absolute atomic E-state index is 0.0493. The van der Waals surface area contributed by atoms with Crippen LogP contribution in [0.1, 0.15) is 12.5 Å². The topological polar surface area (TPSA) is 75.7 Å². The van der Waals surface area contributed by atoms with Gasteiger partial charge in [-0.15, -0.1) is 0 Å². The predicted octanol–water partition coefficient (Wildman–Crippen LogP) is 4.16. The Bertz CT molecular complexity index is 995. The van der Waals surface area contributed by atoms with Crippen LogP contribution >= 0.6 is 11.6 Å². The normalized spacial score (nSPS) is 12.9. The third-order valence-corrected chi connectivity index (χ3v) is 5.47. The Morgan fingerprint density at radius 1 is 1.17 bits per heavy atom. The highest BCUT2D eigenvalue weighted by molar-refractivity contribution is 7.92. The number of carbonyl (C=O) groups is 1. The van der Waals surface area contributed by atoms with Crippen LogP contribution in [0.4, 0.5) is 24.5 Å². The molecule has 158 valence electrons. The van der Waals surface area contributed by atoms with Crippen molar-refractivity contribution in [2.75, 3.05) is 22.9 Å². The molecule has 0 radical (unpaired) electrons. The van der Waals surface area contributed by atoms with Crippen LogP contribution in [0, 0.1) is 0 Å². The van der Waals surface area contributed by atoms with Gasteiger partial charge in [0.2, 0.25) is 10.0 Å². The van der Waals surface area contributed by atoms with Crippen LogP contribution in [-0.4, -0.2) is 33.7 Å². The molecule has 2 aromatic rings. The Morgan fingerprint density at radius 3 is 2.28 bits per heavy atom. The van der Waals surface area contributed by atoms with E-state index in [0.717, 1.165) is 28.8 Å². The molecule has 0 aliphatic rings. The number of halogens is 4. The zero-order valence-electron chi connectivity index (χ0n) is 15.6. The third kappa shape index (κ3) is 6.01. The number of hydrogen-bond donors (Lipinski definition) is 1. The Hall–Kier alpha value is -2.46. The van der Waals surface area contributed by atoms with Crippen molar-refractivity contribution in [3.63, 3.8) is 0 Å². The summed E-state index contributed by atoms with van der Waals surface area (Å²) in [5.74, 6) is -0.433. The van der Waals surface area contributed by atoms with Gasteiger partial charge in [0.1, 0.15) is 5.75 Å². The van der Waals surface area contributed by atoms with Crippen LogP contribution in [-0.2, 0) is 21.0 Å². The van der Waals surface area contributed by atoms with Crippen molar-refractivity contribution in [1.82, 2.24) is 0 Å². The first-order valence-corrected chi connectivity index (χ1v) is 10.4. The van der Waals surface area contributed by atoms with Gasteiger partial charge in [-0.3, -0.25) is 9.10 Å². The molecule has 0 bridgehead atoms. The number of alkyl halides is 3. The predicted molar refractivity (Wildman–Crippen MR) is 105 cm³/mol. The summed E-state index contributed by atoms with van der Waals surface area (Å²) in [5.41, 5.74) is -0.740. The van der Waals surface area contributed by atoms with Gasteiger partial charge in [0.05, 0.1) is 28.2 Å². The number of ether oxygens (including phenoxy) is 1. The van der Waals surface area contributed by atoms with Crippen molar-refractivity contribution in [3.05, 3.63) is 53.1 Å². The number of carbonyl (C=O) groups excluding carboxylic acids is 1. The molecule has 1 atom stereocenters. The molecule has 29 heavy (non-hydrogen) atoms. The van der Waals surface area contributed by atoms with E-state index in [9.17, 15) is 26.4 Å². The van der Waals surface area contributed by atoms with Crippen molar-refractivity contribution >= 4 is 38.9 Å². The summed E-state index contributed by atoms with van der Waals surface area (Å²) < 4.78 is 68.1. The van der Waals surface area contributed by atoms with Gasteiger partial charge in [0.15, 0.2) is 6.10 Å². The number of hydrogen-bond acceptors (Lipinski definition) is 4. The van der Waals surface area contributed by atoms with E-state index in [1.165, 1.54) is 38.2 Å². The second-order valence-electron chi connectivity index (χ2n) is 6.17. The molecule has 0 unspecified atom stereocenters. The minimum atomic E-state index is -4.58. The van der Waals surface area contributed by atoms with Crippen LogP contribution in [0.2, 0.25) is 5.02 Å². The molecular weight excluding hydrogens is 433 g/mol. The molecule has 2 rings (SSSR count). The number of amides is 1. The zero-order valence-corrected chi connectivity index (χ0v) is 17.2. The van der Waals surface area contributed by atoms with E-state index in [0.29, 0.717) is 5.69 Å². The molecule has 0 fully saturated rings. The van der Waals surface area contributed by atoms with Gasteiger partial charge >= 0.3 is 6.18 Å². The quantitative estimate of drug-likeness (QED) is 0.717. The smallest absolute Gasteiger partial charge is 0.416 e. The van der Waals surface area contributed by atoms with Crippen molar-refractivity contribution in [2.45, 2.75) is 19.2 Å². The van der Waals surface area contributed by atoms with E-state index in [4.69, 9.17) is 16.3 Å². The number of rotatable bonds is 6. The maximum Gasteiger partial charge on any atom is 0.416 e. The van der Waals surface area contributed by atoms with E-state index in [-0.39, 0.29) is 16.5 Å². The van der Waals surface area contributed by atoms with Crippen molar-refractivity contribution in [2.24, 2.45) is 0 Å². The van der Waals surface area contributed by atoms with E-state index in [1.807, 2.05) is 0 Å². The standard InChI is InChI=1S/C18H18ClF3N2O4S/c1-11(28-14-7-5-13(6-8-14)24(2)29(3,26)27)17(25)23-16-10-12(18(20,21)22)4-9-15(16)19/h4-11H,1-3H3,(H,23,25)/t11-/m1/s1. The molecule has 6 nitrogen and oxygen atoms in total. The second-order valence-corrected chi connectivity index (χ2v) is 8.59. The highest BCUT2D eigenvalue weighted by atomic mass is 35.5. The van der Waals surface area contributed by atoms with E-state index < -0.39 is 33.8 Å². The molecule has 0 saturated carbocycles. The zero-order chi connectivity index (χ0) is 22.0. The Labute approximate surface area is 171 Å². The van der Waals surface area contributed by atoms with Crippen molar-refractivity contribution < 1.29 is 31.1 Å². The molecule has 0 spiro atoms. The molecule has 0 aliphatic carbocycles. The summed E-state index contributed by atoms with van der Waals surface area (Å²) in [7, 11) is -2.03. The van der Waals surface area contributed by atoms with Crippen molar-refractivity contribution in [3.8, 4) is 5.75 Å². The summed E-state index contributed by atoms with van der Waals surface area (Å²) in [5, 5.41) is 2.26. The fraction of sp³-hybridized carbons (Fsp3) is 0.278. The molecule has 1 amide bonds. The number of benzene rings is 2. The van der Waals surface area contributed by atoms with Crippen LogP contribution in [0.5, 0.6) is 5.75 Å². The monoisotopic (exact) mass is 450 g/mol. The maximum atomic E-state index is 12.8. The summed E-state index contributed by atoms with van der Waals surface area (Å²) in [6.45, 7) is 1.41. The number of nitrogens with zero attached hydrogens (tertiary/aromatic N) is 1. The first-order chi connectivity index (χ1) is 13.3. The maximum absolute atomic E-state index is 12.8. The van der Waals surface area contributed by atoms with Gasteiger partial charge in [-0.05, 0) is 49.4 Å². The highest BCUT2D eigenvalue weighted by Gasteiger charge is 2.31. The lowest BCUT2D eigenvalue weighted by Gasteiger charge is -2.18. The molecule has 2 aromatic carbocycles. The van der Waals surface area contributed by atoms with Gasteiger partial charge in [0.25, 0.3) is 5.91 Å². The van der Waals surface area contributed by atoms with Crippen LogP contribution in [0.3, 0.4) is 0 Å². The van der Waals surface area contributed by atoms with E-state index >= 15 is 0 Å². The van der Waals surface area contributed by atoms with Gasteiger partial charge in [0, 0.05) is 7.05 Å². The van der Waals surface area contributed by atoms with Gasteiger partial charge in [-0.1, -0.05) is 11.6 Å². The lowest BCUT2D eigenvalue weighted by Crippen LogP contribution is -2.30. The fourth-order valence-corrected chi connectivity index (χ4v) is 2.88. The fourth-order valence-electron chi connectivity index (χ4n) is 2.22. The summed E-state index contributed by atoms with van der Waals surface area (Å²) in [6, 6.07) is 8.52. The van der Waals surface area contributed by atoms with Crippen molar-refractivity contribution in [1.29, 1.82) is 0 Å². The van der Waals surface area contributed by atoms with Crippen LogP contribution in [0.25, 0.3) is 0 Å². The van der Waals surface area contributed by atoms with Gasteiger partial charge in [-0.25, -0.2) is 8.42 Å². The molecule has 0 heterocycles. The lowest BCUT2D eigenvalue weighted by atomic mass is 10.2. The molecule has 0 saturated heterocycles. The minimum Gasteiger partial charge on any atom is -0.481 e. The Balaban J connectivity index is 2.08. The Morgan fingerprint density at radius 2 is 1.76 bits per heavy atom. The van der Waals surface area contributed by atoms with Gasteiger partial charge < -0.3 is 10.1 Å². The average molecular weight is 451 g/mol. The average Bonchev–Trinajstić information content (AvgIpc) is 2.61. The summed E-state index contributed by atoms with van der Waals surface area (Å²) in [4.78, 5) is 12.3. The largest absolute Gasteiger partial charge is 0.481 e. The lowest BCUT2D eigenvalue weighted by molar-refractivity contribution is -0.137. The van der Waals surface area contributed by atoms with E-state index in [2.05, 4.69) is 5.32 Å². The van der Waals surface area contributed by atoms with E-state index in [1.54, 1.807) is 0 Å². The van der Waals surface area contributed by atoms with Gasteiger partial charge in [-0.2, -0.15) is 13.2 Å². The Kier molecular flexibility index (Phi) is 6.69. The molecule has 1 N–H and O–H groups in total. The number of nitrogens with one attached hydrogen (secondary N) is 1. The first-order valence-electron chi connectivity index (χ1n) is 8.17. The molecule has 0 aliphatic heterocycles. The first kappa shape index (κ1) is 22.8. The second kappa shape index (κ2) is 8.50. The summed E-state index contributed by atoms with van der Waals surface area (Å²) >= 11 is 5.86. The summed E-state index contributed by atoms with van der Waals surface area (Å²) in [6.07, 6.45) is -4.57. The third-order valence-electron chi connectivity index (χ3n) is 3.93. The molecule has 0 aromatic heterocycles. The SMILES string of the molecule is C[C@@H](Oc1ccc(N(C)S(C)(=O)=O)cc1)C(=O)Nc1cc(C(F)(F)F)ccc1Cl. The number of sulfonamides is 1. The molecular formula is C18H18ClF3N2O4S. The highest BCUT2D eigenvalue weighted by Crippen LogP contribution is 2.34. The number of anilines is 2.